The summed E-state index contributed by atoms with van der Waals surface area (Å²) in [6.07, 6.45) is 1.51. The number of hydrogen-bond donors (Lipinski definition) is 4. The lowest BCUT2D eigenvalue weighted by Gasteiger charge is -2.29. The molecule has 4 aromatic rings. The van der Waals surface area contributed by atoms with Crippen LogP contribution in [0.15, 0.2) is 48.5 Å². The van der Waals surface area contributed by atoms with Gasteiger partial charge in [-0.3, -0.25) is 15.4 Å². The van der Waals surface area contributed by atoms with Crippen LogP contribution in [0, 0.1) is 10.4 Å². The molecule has 5 N–H and O–H groups in total. The quantitative estimate of drug-likeness (QED) is 0.139. The minimum absolute atomic E-state index is 0.0816. The van der Waals surface area contributed by atoms with Gasteiger partial charge < -0.3 is 25.9 Å². The molecular weight excluding hydrogens is 514 g/mol. The zero-order chi connectivity index (χ0) is 29.1. The number of aromatic amines is 1. The molecule has 0 bridgehead atoms. The van der Waals surface area contributed by atoms with E-state index in [0.717, 1.165) is 10.9 Å². The predicted molar refractivity (Wildman–Crippen MR) is 151 cm³/mol. The van der Waals surface area contributed by atoms with Gasteiger partial charge >= 0.3 is 12.0 Å². The van der Waals surface area contributed by atoms with Gasteiger partial charge in [0.15, 0.2) is 5.52 Å². The van der Waals surface area contributed by atoms with Crippen molar-refractivity contribution in [3.8, 4) is 0 Å². The van der Waals surface area contributed by atoms with Crippen LogP contribution in [0.3, 0.4) is 0 Å². The summed E-state index contributed by atoms with van der Waals surface area (Å²) in [6.45, 7) is 7.33. The molecule has 0 spiro atoms. The second-order valence-corrected chi connectivity index (χ2v) is 11.0. The molecule has 12 nitrogen and oxygen atoms in total. The number of imide groups is 1. The van der Waals surface area contributed by atoms with Gasteiger partial charge in [-0.2, -0.15) is 0 Å². The van der Waals surface area contributed by atoms with Crippen LogP contribution in [-0.2, 0) is 14.9 Å². The van der Waals surface area contributed by atoms with E-state index in [1.807, 2.05) is 24.3 Å². The lowest BCUT2D eigenvalue weighted by Crippen LogP contribution is -2.46. The highest BCUT2D eigenvalue weighted by molar-refractivity contribution is 6.03. The van der Waals surface area contributed by atoms with E-state index < -0.39 is 23.0 Å². The Balaban J connectivity index is 1.45. The minimum Gasteiger partial charge on any atom is -0.739 e. The molecule has 0 aliphatic carbocycles. The summed E-state index contributed by atoms with van der Waals surface area (Å²) in [6, 6.07) is 13.9. The smallest absolute Gasteiger partial charge is 0.460 e. The molecule has 1 atom stereocenters. The van der Waals surface area contributed by atoms with Gasteiger partial charge in [-0.25, -0.2) is 9.52 Å². The molecule has 0 saturated heterocycles. The number of rotatable bonds is 9. The first kappa shape index (κ1) is 28.4. The van der Waals surface area contributed by atoms with Crippen LogP contribution in [0.25, 0.3) is 21.9 Å². The third-order valence-corrected chi connectivity index (χ3v) is 6.72. The van der Waals surface area contributed by atoms with Crippen molar-refractivity contribution in [2.24, 2.45) is 0 Å². The van der Waals surface area contributed by atoms with Crippen LogP contribution in [0.5, 0.6) is 0 Å². The Morgan fingerprint density at radius 2 is 1.68 bits per heavy atom. The normalized spacial score (nSPS) is 13.2. The Bertz CT molecular complexity index is 1550. The maximum Gasteiger partial charge on any atom is 0.460 e. The van der Waals surface area contributed by atoms with Crippen LogP contribution >= 0.6 is 0 Å². The third kappa shape index (κ3) is 6.00. The molecule has 0 fully saturated rings. The summed E-state index contributed by atoms with van der Waals surface area (Å²) in [7, 11) is 0. The number of nitrogens with two attached hydrogens (primary N) is 1. The van der Waals surface area contributed by atoms with Crippen molar-refractivity contribution in [1.29, 1.82) is 0 Å². The van der Waals surface area contributed by atoms with Gasteiger partial charge in [0.05, 0.1) is 12.0 Å². The van der Waals surface area contributed by atoms with Gasteiger partial charge in [-0.1, -0.05) is 43.2 Å². The topological polar surface area (TPSA) is 176 Å². The van der Waals surface area contributed by atoms with Crippen molar-refractivity contribution in [2.45, 2.75) is 64.4 Å². The number of aromatic nitrogens is 4. The van der Waals surface area contributed by atoms with Crippen molar-refractivity contribution in [1.82, 2.24) is 15.4 Å². The number of ether oxygens (including phenoxy) is 1. The Morgan fingerprint density at radius 3 is 2.40 bits per heavy atom. The first-order chi connectivity index (χ1) is 18.9. The molecule has 0 aliphatic heterocycles. The van der Waals surface area contributed by atoms with Crippen molar-refractivity contribution in [2.75, 3.05) is 17.6 Å². The van der Waals surface area contributed by atoms with E-state index in [-0.39, 0.29) is 17.0 Å². The van der Waals surface area contributed by atoms with Crippen LogP contribution < -0.4 is 25.9 Å². The summed E-state index contributed by atoms with van der Waals surface area (Å²) in [5.41, 5.74) is 6.28. The number of amides is 2. The molecule has 0 saturated carbocycles. The zero-order valence-corrected chi connectivity index (χ0v) is 23.1. The Labute approximate surface area is 231 Å². The molecule has 12 heteroatoms. The minimum atomic E-state index is -1.14. The molecular formula is C28H35N7O5. The van der Waals surface area contributed by atoms with Gasteiger partial charge in [0.2, 0.25) is 11.0 Å². The number of carbonyl (C=O) groups is 2. The number of anilines is 2. The largest absolute Gasteiger partial charge is 0.739 e. The lowest BCUT2D eigenvalue weighted by atomic mass is 9.76. The molecule has 2 amide bonds. The number of unbranched alkanes of at least 4 members (excludes halogenated alkanes) is 2. The molecule has 2 heterocycles. The number of nitrogens with one attached hydrogen (secondary N) is 3. The van der Waals surface area contributed by atoms with E-state index in [0.29, 0.717) is 53.2 Å². The van der Waals surface area contributed by atoms with Crippen molar-refractivity contribution in [3.63, 3.8) is 0 Å². The standard InChI is InChI=1S/C28H35N7O5/c1-27(2,3)40-26(37)32-24(36)28(4,22-18-12-6-7-13-19(18)31-23(22)29)16-10-5-11-17-30-25-33-35(39)21-15-9-8-14-20(21)34(25)38/h6-9,12-15,31H,5,10-11,16-17,29H2,1-4H3,(H,30,33)(H,32,36,37)/t28-/m0/s1. The number of benzene rings is 2. The van der Waals surface area contributed by atoms with Crippen molar-refractivity contribution >= 4 is 45.7 Å². The summed E-state index contributed by atoms with van der Waals surface area (Å²) >= 11 is 0. The van der Waals surface area contributed by atoms with Gasteiger partial charge in [-0.15, -0.1) is 0 Å². The number of nitrogen functional groups attached to an aromatic ring is 1. The maximum atomic E-state index is 13.6. The summed E-state index contributed by atoms with van der Waals surface area (Å²) in [5.74, 6) is -0.232. The number of para-hydroxylation sites is 3. The Kier molecular flexibility index (Phi) is 7.98. The summed E-state index contributed by atoms with van der Waals surface area (Å²) in [5, 5.41) is 34.7. The Morgan fingerprint density at radius 1 is 1.00 bits per heavy atom. The molecule has 212 valence electrons. The monoisotopic (exact) mass is 549 g/mol. The van der Waals surface area contributed by atoms with Crippen LogP contribution in [0.1, 0.15) is 58.9 Å². The summed E-state index contributed by atoms with van der Waals surface area (Å²) in [4.78, 5) is 29.6. The second kappa shape index (κ2) is 11.2. The fourth-order valence-corrected chi connectivity index (χ4v) is 4.82. The molecule has 2 aromatic heterocycles. The van der Waals surface area contributed by atoms with Crippen LogP contribution in [-0.4, -0.2) is 34.2 Å². The average Bonchev–Trinajstić information content (AvgIpc) is 3.23. The van der Waals surface area contributed by atoms with Crippen LogP contribution in [0.2, 0.25) is 0 Å². The van der Waals surface area contributed by atoms with Gasteiger partial charge in [0.25, 0.3) is 5.52 Å². The molecule has 0 unspecified atom stereocenters. The molecule has 0 radical (unpaired) electrons. The Hall–Kier alpha value is -4.61. The van der Waals surface area contributed by atoms with E-state index in [4.69, 9.17) is 10.5 Å². The van der Waals surface area contributed by atoms with Gasteiger partial charge in [-0.05, 0) is 52.7 Å². The maximum absolute atomic E-state index is 13.6. The van der Waals surface area contributed by atoms with E-state index in [9.17, 15) is 20.0 Å². The fraction of sp³-hybridized carbons (Fsp3) is 0.393. The number of hydrogen-bond acceptors (Lipinski definition) is 8. The van der Waals surface area contributed by atoms with Crippen LogP contribution in [0.4, 0.5) is 16.6 Å². The number of alkyl carbamates (subject to hydrolysis) is 1. The van der Waals surface area contributed by atoms with Gasteiger partial charge in [0, 0.05) is 27.4 Å². The average molecular weight is 550 g/mol. The third-order valence-electron chi connectivity index (χ3n) is 6.72. The second-order valence-electron chi connectivity index (χ2n) is 11.0. The predicted octanol–water partition coefficient (Wildman–Crippen LogP) is 3.55. The number of fused-ring (bicyclic) bond motifs is 2. The lowest BCUT2D eigenvalue weighted by molar-refractivity contribution is -0.672. The molecule has 4 rings (SSSR count). The zero-order valence-electron chi connectivity index (χ0n) is 23.1. The highest BCUT2D eigenvalue weighted by Crippen LogP contribution is 2.39. The van der Waals surface area contributed by atoms with E-state index in [1.54, 1.807) is 45.9 Å². The van der Waals surface area contributed by atoms with E-state index in [2.05, 4.69) is 20.7 Å². The van der Waals surface area contributed by atoms with E-state index in [1.165, 1.54) is 6.07 Å². The number of nitrogens with zero attached hydrogens (tertiary/aromatic N) is 3. The molecule has 40 heavy (non-hydrogen) atoms. The summed E-state index contributed by atoms with van der Waals surface area (Å²) < 4.78 is 5.91. The van der Waals surface area contributed by atoms with Crippen molar-refractivity contribution in [3.05, 3.63) is 64.5 Å². The van der Waals surface area contributed by atoms with Crippen molar-refractivity contribution < 1.29 is 23.9 Å². The highest BCUT2D eigenvalue weighted by Gasteiger charge is 2.40. The fourth-order valence-electron chi connectivity index (χ4n) is 4.82. The first-order valence-corrected chi connectivity index (χ1v) is 13.2. The highest BCUT2D eigenvalue weighted by atomic mass is 16.6. The number of carbonyl (C=O) groups excluding carboxylic acids is 2. The molecule has 2 aromatic carbocycles. The van der Waals surface area contributed by atoms with Gasteiger partial charge in [0.1, 0.15) is 11.4 Å². The first-order valence-electron chi connectivity index (χ1n) is 13.2. The molecule has 0 aliphatic rings. The number of H-pyrrole nitrogens is 1. The van der Waals surface area contributed by atoms with E-state index >= 15 is 0 Å². The SMILES string of the molecule is CC(C)(C)OC(=O)NC(=O)[C@@](C)(CCCCCNc1n[n+]([O-])c2ccccc2[n+]1[O-])c1c(N)[nH]c2ccccc12.